The number of rotatable bonds is 5. The molecule has 0 saturated carbocycles. The molecule has 24 heavy (non-hydrogen) atoms. The molecule has 0 aliphatic heterocycles. The van der Waals surface area contributed by atoms with Crippen molar-refractivity contribution in [3.63, 3.8) is 0 Å². The first-order chi connectivity index (χ1) is 11.7. The second-order valence-electron chi connectivity index (χ2n) is 5.04. The van der Waals surface area contributed by atoms with E-state index in [1.165, 1.54) is 0 Å². The summed E-state index contributed by atoms with van der Waals surface area (Å²) in [6.45, 7) is -0.210. The van der Waals surface area contributed by atoms with E-state index < -0.39 is 5.97 Å². The first kappa shape index (κ1) is 15.9. The molecule has 0 spiro atoms. The molecule has 0 radical (unpaired) electrons. The number of carbonyl (C=O) groups is 1. The molecule has 1 aromatic carbocycles. The number of benzene rings is 1. The summed E-state index contributed by atoms with van der Waals surface area (Å²) in [5, 5.41) is 9.84. The van der Waals surface area contributed by atoms with Crippen LogP contribution in [0.25, 0.3) is 5.52 Å². The van der Waals surface area contributed by atoms with Crippen molar-refractivity contribution in [2.75, 3.05) is 6.61 Å². The van der Waals surface area contributed by atoms with E-state index in [-0.39, 0.29) is 13.2 Å². The maximum absolute atomic E-state index is 11.8. The minimum Gasteiger partial charge on any atom is -0.482 e. The highest BCUT2D eigenvalue weighted by molar-refractivity contribution is 6.30. The van der Waals surface area contributed by atoms with Crippen LogP contribution in [0.5, 0.6) is 5.75 Å². The Bertz CT molecular complexity index is 927. The van der Waals surface area contributed by atoms with Gasteiger partial charge < -0.3 is 13.9 Å². The summed E-state index contributed by atoms with van der Waals surface area (Å²) in [7, 11) is 0. The zero-order valence-corrected chi connectivity index (χ0v) is 13.4. The number of carbonyl (C=O) groups excluding carboxylic acids is 1. The van der Waals surface area contributed by atoms with E-state index in [1.807, 2.05) is 28.8 Å². The molecule has 0 bridgehead atoms. The van der Waals surface area contributed by atoms with Crippen LogP contribution in [0.2, 0.25) is 5.02 Å². The number of nitrogens with zero attached hydrogens (tertiary/aromatic N) is 2. The van der Waals surface area contributed by atoms with Gasteiger partial charge in [-0.1, -0.05) is 23.7 Å². The lowest BCUT2D eigenvalue weighted by atomic mass is 10.2. The molecule has 0 N–H and O–H groups in total. The highest BCUT2D eigenvalue weighted by Gasteiger charge is 2.12. The average molecular weight is 341 g/mol. The summed E-state index contributed by atoms with van der Waals surface area (Å²) < 4.78 is 12.3. The van der Waals surface area contributed by atoms with Crippen LogP contribution in [-0.2, 0) is 16.1 Å². The molecule has 2 aromatic heterocycles. The SMILES string of the molecule is N#Cc1c(COC(=O)COc2cccc(Cl)c2)cn2ccccc12. The van der Waals surface area contributed by atoms with E-state index in [1.54, 1.807) is 30.5 Å². The molecular weight excluding hydrogens is 328 g/mol. The van der Waals surface area contributed by atoms with Crippen LogP contribution in [0.3, 0.4) is 0 Å². The van der Waals surface area contributed by atoms with Gasteiger partial charge >= 0.3 is 5.97 Å². The van der Waals surface area contributed by atoms with Gasteiger partial charge in [-0.2, -0.15) is 5.26 Å². The van der Waals surface area contributed by atoms with Crippen LogP contribution in [0.15, 0.2) is 54.9 Å². The third-order valence-electron chi connectivity index (χ3n) is 3.42. The van der Waals surface area contributed by atoms with Crippen molar-refractivity contribution < 1.29 is 14.3 Å². The van der Waals surface area contributed by atoms with E-state index in [4.69, 9.17) is 21.1 Å². The molecule has 0 fully saturated rings. The molecular formula is C18H13ClN2O3. The minimum atomic E-state index is -0.519. The zero-order chi connectivity index (χ0) is 16.9. The predicted molar refractivity (Wildman–Crippen MR) is 88.9 cm³/mol. The van der Waals surface area contributed by atoms with Crippen LogP contribution in [-0.4, -0.2) is 17.0 Å². The highest BCUT2D eigenvalue weighted by Crippen LogP contribution is 2.19. The van der Waals surface area contributed by atoms with Crippen molar-refractivity contribution in [2.24, 2.45) is 0 Å². The summed E-state index contributed by atoms with van der Waals surface area (Å²) >= 11 is 5.84. The van der Waals surface area contributed by atoms with Crippen LogP contribution < -0.4 is 4.74 Å². The van der Waals surface area contributed by atoms with Gasteiger partial charge in [-0.3, -0.25) is 0 Å². The third-order valence-corrected chi connectivity index (χ3v) is 3.65. The van der Waals surface area contributed by atoms with E-state index in [2.05, 4.69) is 6.07 Å². The minimum absolute atomic E-state index is 0.0162. The average Bonchev–Trinajstić information content (AvgIpc) is 2.95. The smallest absolute Gasteiger partial charge is 0.344 e. The molecule has 0 aliphatic rings. The van der Waals surface area contributed by atoms with Crippen molar-refractivity contribution in [3.05, 3.63) is 71.0 Å². The van der Waals surface area contributed by atoms with Crippen LogP contribution in [0.1, 0.15) is 11.1 Å². The number of ether oxygens (including phenoxy) is 2. The van der Waals surface area contributed by atoms with Crippen molar-refractivity contribution in [3.8, 4) is 11.8 Å². The van der Waals surface area contributed by atoms with Gasteiger partial charge in [0.25, 0.3) is 0 Å². The van der Waals surface area contributed by atoms with Gasteiger partial charge in [-0.15, -0.1) is 0 Å². The third kappa shape index (κ3) is 3.50. The van der Waals surface area contributed by atoms with Gasteiger partial charge in [0.15, 0.2) is 6.61 Å². The van der Waals surface area contributed by atoms with Crippen molar-refractivity contribution in [1.82, 2.24) is 4.40 Å². The molecule has 3 rings (SSSR count). The summed E-state index contributed by atoms with van der Waals surface area (Å²) in [5.74, 6) is -0.0270. The van der Waals surface area contributed by atoms with E-state index in [9.17, 15) is 10.1 Å². The summed E-state index contributed by atoms with van der Waals surface area (Å²) in [6.07, 6.45) is 3.61. The van der Waals surface area contributed by atoms with Gasteiger partial charge in [0.1, 0.15) is 18.4 Å². The number of fused-ring (bicyclic) bond motifs is 1. The Morgan fingerprint density at radius 1 is 1.25 bits per heavy atom. The number of aromatic nitrogens is 1. The van der Waals surface area contributed by atoms with Crippen LogP contribution in [0, 0.1) is 11.3 Å². The molecule has 6 heteroatoms. The first-order valence-corrected chi connectivity index (χ1v) is 7.58. The largest absolute Gasteiger partial charge is 0.482 e. The Labute approximate surface area is 143 Å². The predicted octanol–water partition coefficient (Wildman–Crippen LogP) is 3.59. The number of hydrogen-bond donors (Lipinski definition) is 0. The normalized spacial score (nSPS) is 10.3. The van der Waals surface area contributed by atoms with E-state index in [0.29, 0.717) is 21.9 Å². The van der Waals surface area contributed by atoms with Gasteiger partial charge in [0, 0.05) is 23.0 Å². The number of halogens is 1. The second-order valence-corrected chi connectivity index (χ2v) is 5.48. The Kier molecular flexibility index (Phi) is 4.69. The van der Waals surface area contributed by atoms with Crippen molar-refractivity contribution >= 4 is 23.1 Å². The molecule has 0 atom stereocenters. The Morgan fingerprint density at radius 2 is 2.12 bits per heavy atom. The fourth-order valence-corrected chi connectivity index (χ4v) is 2.50. The second kappa shape index (κ2) is 7.07. The summed E-state index contributed by atoms with van der Waals surface area (Å²) in [5.41, 5.74) is 1.93. The molecule has 3 aromatic rings. The van der Waals surface area contributed by atoms with Crippen molar-refractivity contribution in [1.29, 1.82) is 5.26 Å². The lowest BCUT2D eigenvalue weighted by Crippen LogP contribution is -2.14. The Morgan fingerprint density at radius 3 is 2.92 bits per heavy atom. The standard InChI is InChI=1S/C18H13ClN2O3/c19-14-4-3-5-15(8-14)23-12-18(22)24-11-13-10-21-7-2-1-6-17(21)16(13)9-20/h1-8,10H,11-12H2. The molecule has 0 saturated heterocycles. The monoisotopic (exact) mass is 340 g/mol. The summed E-state index contributed by atoms with van der Waals surface area (Å²) in [4.78, 5) is 11.8. The topological polar surface area (TPSA) is 63.7 Å². The fraction of sp³-hybridized carbons (Fsp3) is 0.111. The molecule has 0 amide bonds. The summed E-state index contributed by atoms with van der Waals surface area (Å²) in [6, 6.07) is 14.5. The van der Waals surface area contributed by atoms with Crippen LogP contribution in [0.4, 0.5) is 0 Å². The molecule has 5 nitrogen and oxygen atoms in total. The highest BCUT2D eigenvalue weighted by atomic mass is 35.5. The van der Waals surface area contributed by atoms with Gasteiger partial charge in [0.2, 0.25) is 0 Å². The molecule has 0 unspecified atom stereocenters. The first-order valence-electron chi connectivity index (χ1n) is 7.20. The fourth-order valence-electron chi connectivity index (χ4n) is 2.31. The molecule has 0 aliphatic carbocycles. The number of nitriles is 1. The Hall–Kier alpha value is -2.97. The van der Waals surface area contributed by atoms with Gasteiger partial charge in [0.05, 0.1) is 11.1 Å². The lowest BCUT2D eigenvalue weighted by Gasteiger charge is -2.06. The van der Waals surface area contributed by atoms with Gasteiger partial charge in [-0.05, 0) is 30.3 Å². The van der Waals surface area contributed by atoms with Gasteiger partial charge in [-0.25, -0.2) is 4.79 Å². The number of esters is 1. The quantitative estimate of drug-likeness (QED) is 0.666. The number of pyridine rings is 1. The molecule has 120 valence electrons. The molecule has 2 heterocycles. The van der Waals surface area contributed by atoms with Crippen molar-refractivity contribution in [2.45, 2.75) is 6.61 Å². The lowest BCUT2D eigenvalue weighted by molar-refractivity contribution is -0.147. The van der Waals surface area contributed by atoms with E-state index >= 15 is 0 Å². The maximum atomic E-state index is 11.8. The zero-order valence-electron chi connectivity index (χ0n) is 12.6. The number of hydrogen-bond acceptors (Lipinski definition) is 4. The van der Waals surface area contributed by atoms with Crippen LogP contribution >= 0.6 is 11.6 Å². The Balaban J connectivity index is 1.61. The van der Waals surface area contributed by atoms with E-state index in [0.717, 1.165) is 5.52 Å². The maximum Gasteiger partial charge on any atom is 0.344 e.